The summed E-state index contributed by atoms with van der Waals surface area (Å²) in [5, 5.41) is 1.69. The van der Waals surface area contributed by atoms with Crippen molar-refractivity contribution in [1.29, 1.82) is 0 Å². The zero-order chi connectivity index (χ0) is 10.5. The highest BCUT2D eigenvalue weighted by atomic mass is 32.2. The van der Waals surface area contributed by atoms with Gasteiger partial charge >= 0.3 is 0 Å². The van der Waals surface area contributed by atoms with Gasteiger partial charge in [0.2, 0.25) is 0 Å². The highest BCUT2D eigenvalue weighted by Gasteiger charge is 1.95. The van der Waals surface area contributed by atoms with E-state index in [0.29, 0.717) is 0 Å². The molecule has 2 rings (SSSR count). The van der Waals surface area contributed by atoms with E-state index in [1.165, 1.54) is 9.79 Å². The van der Waals surface area contributed by atoms with Gasteiger partial charge in [-0.1, -0.05) is 54.3 Å². The van der Waals surface area contributed by atoms with E-state index in [9.17, 15) is 0 Å². The molecule has 0 atom stereocenters. The third-order valence-electron chi connectivity index (χ3n) is 2.00. The second-order valence-electron chi connectivity index (χ2n) is 3.10. The fourth-order valence-corrected chi connectivity index (χ4v) is 2.23. The molecule has 0 aromatic heterocycles. The van der Waals surface area contributed by atoms with Gasteiger partial charge in [-0.25, -0.2) is 0 Å². The Kier molecular flexibility index (Phi) is 3.54. The minimum Gasteiger partial charge on any atom is -0.0901 e. The van der Waals surface area contributed by atoms with Crippen LogP contribution in [-0.2, 0) is 0 Å². The zero-order valence-electron chi connectivity index (χ0n) is 8.09. The minimum absolute atomic E-state index is 1.09. The second kappa shape index (κ2) is 5.10. The molecule has 0 bridgehead atoms. The maximum Gasteiger partial charge on any atom is 0.0122 e. The Morgan fingerprint density at radius 1 is 0.800 bits per heavy atom. The van der Waals surface area contributed by atoms with Crippen molar-refractivity contribution in [3.05, 3.63) is 60.2 Å². The molecule has 2 aromatic carbocycles. The maximum atomic E-state index is 4.86. The summed E-state index contributed by atoms with van der Waals surface area (Å²) in [7, 11) is 0. The Balaban J connectivity index is 2.15. The van der Waals surface area contributed by atoms with Gasteiger partial charge in [0.1, 0.15) is 0 Å². The van der Waals surface area contributed by atoms with Crippen LogP contribution >= 0.6 is 24.0 Å². The van der Waals surface area contributed by atoms with Crippen molar-refractivity contribution >= 4 is 29.3 Å². The molecule has 0 nitrogen and oxygen atoms in total. The lowest BCUT2D eigenvalue weighted by molar-refractivity contribution is 1.40. The van der Waals surface area contributed by atoms with Crippen molar-refractivity contribution in [1.82, 2.24) is 0 Å². The van der Waals surface area contributed by atoms with Gasteiger partial charge in [0.05, 0.1) is 0 Å². The minimum atomic E-state index is 1.09. The van der Waals surface area contributed by atoms with Crippen molar-refractivity contribution in [2.75, 3.05) is 0 Å². The standard InChI is InChI=1S/C13H10S2/c14-10-11-6-8-13(9-7-11)15-12-4-2-1-3-5-12/h1-10H. The van der Waals surface area contributed by atoms with Gasteiger partial charge in [-0.2, -0.15) is 0 Å². The molecule has 0 radical (unpaired) electrons. The molecule has 2 heteroatoms. The summed E-state index contributed by atoms with van der Waals surface area (Å²) in [6.07, 6.45) is 0. The van der Waals surface area contributed by atoms with Gasteiger partial charge in [0, 0.05) is 15.2 Å². The molecular formula is C13H10S2. The van der Waals surface area contributed by atoms with Crippen molar-refractivity contribution in [2.45, 2.75) is 9.79 Å². The van der Waals surface area contributed by atoms with Crippen LogP contribution in [-0.4, -0.2) is 5.37 Å². The molecule has 0 amide bonds. The molecule has 0 aliphatic rings. The van der Waals surface area contributed by atoms with Crippen LogP contribution in [0.25, 0.3) is 0 Å². The van der Waals surface area contributed by atoms with E-state index >= 15 is 0 Å². The van der Waals surface area contributed by atoms with Crippen molar-refractivity contribution in [3.63, 3.8) is 0 Å². The molecule has 0 heterocycles. The quantitative estimate of drug-likeness (QED) is 0.725. The molecule has 0 aliphatic carbocycles. The molecular weight excluding hydrogens is 220 g/mol. The SMILES string of the molecule is S=Cc1ccc(Sc2ccccc2)cc1. The van der Waals surface area contributed by atoms with E-state index in [4.69, 9.17) is 12.2 Å². The van der Waals surface area contributed by atoms with Crippen LogP contribution in [0.4, 0.5) is 0 Å². The fraction of sp³-hybridized carbons (Fsp3) is 0. The molecule has 0 spiro atoms. The van der Waals surface area contributed by atoms with E-state index in [1.54, 1.807) is 17.1 Å². The van der Waals surface area contributed by atoms with Crippen LogP contribution < -0.4 is 0 Å². The average Bonchev–Trinajstić information content (AvgIpc) is 2.31. The van der Waals surface area contributed by atoms with E-state index < -0.39 is 0 Å². The fourth-order valence-electron chi connectivity index (χ4n) is 1.24. The number of hydrogen-bond acceptors (Lipinski definition) is 2. The number of thiocarbonyl (C=S) groups is 1. The predicted molar refractivity (Wildman–Crippen MR) is 69.8 cm³/mol. The highest BCUT2D eigenvalue weighted by molar-refractivity contribution is 7.99. The smallest absolute Gasteiger partial charge is 0.0122 e. The maximum absolute atomic E-state index is 4.86. The van der Waals surface area contributed by atoms with Crippen molar-refractivity contribution < 1.29 is 0 Å². The molecule has 0 aliphatic heterocycles. The molecule has 0 unspecified atom stereocenters. The monoisotopic (exact) mass is 230 g/mol. The van der Waals surface area contributed by atoms with E-state index in [1.807, 2.05) is 30.3 Å². The Labute approximate surface area is 99.3 Å². The van der Waals surface area contributed by atoms with Crippen molar-refractivity contribution in [2.24, 2.45) is 0 Å². The molecule has 74 valence electrons. The van der Waals surface area contributed by atoms with Gasteiger partial charge < -0.3 is 0 Å². The van der Waals surface area contributed by atoms with E-state index in [2.05, 4.69) is 24.3 Å². The Hall–Kier alpha value is -1.12. The zero-order valence-corrected chi connectivity index (χ0v) is 9.72. The van der Waals surface area contributed by atoms with Gasteiger partial charge in [-0.05, 0) is 29.8 Å². The Morgan fingerprint density at radius 3 is 2.00 bits per heavy atom. The van der Waals surface area contributed by atoms with Gasteiger partial charge in [-0.3, -0.25) is 0 Å². The van der Waals surface area contributed by atoms with E-state index in [-0.39, 0.29) is 0 Å². The summed E-state index contributed by atoms with van der Waals surface area (Å²) in [6, 6.07) is 18.6. The summed E-state index contributed by atoms with van der Waals surface area (Å²) >= 11 is 6.62. The van der Waals surface area contributed by atoms with Crippen LogP contribution in [0.2, 0.25) is 0 Å². The first-order chi connectivity index (χ1) is 7.38. The van der Waals surface area contributed by atoms with Crippen LogP contribution in [0, 0.1) is 0 Å². The van der Waals surface area contributed by atoms with Crippen molar-refractivity contribution in [3.8, 4) is 0 Å². The lowest BCUT2D eigenvalue weighted by Gasteiger charge is -2.01. The van der Waals surface area contributed by atoms with Crippen LogP contribution in [0.3, 0.4) is 0 Å². The topological polar surface area (TPSA) is 0 Å². The highest BCUT2D eigenvalue weighted by Crippen LogP contribution is 2.26. The Bertz CT molecular complexity index is 432. The van der Waals surface area contributed by atoms with E-state index in [0.717, 1.165) is 5.56 Å². The van der Waals surface area contributed by atoms with Crippen LogP contribution in [0.1, 0.15) is 5.56 Å². The second-order valence-corrected chi connectivity index (χ2v) is 4.48. The number of hydrogen-bond donors (Lipinski definition) is 0. The lowest BCUT2D eigenvalue weighted by atomic mass is 10.2. The molecule has 0 saturated carbocycles. The van der Waals surface area contributed by atoms with Gasteiger partial charge in [0.15, 0.2) is 0 Å². The molecule has 15 heavy (non-hydrogen) atoms. The molecule has 0 saturated heterocycles. The third-order valence-corrected chi connectivity index (χ3v) is 3.28. The summed E-state index contributed by atoms with van der Waals surface area (Å²) < 4.78 is 0. The first kappa shape index (κ1) is 10.4. The summed E-state index contributed by atoms with van der Waals surface area (Å²) in [6.45, 7) is 0. The normalized spacial score (nSPS) is 9.87. The van der Waals surface area contributed by atoms with Gasteiger partial charge in [-0.15, -0.1) is 0 Å². The lowest BCUT2D eigenvalue weighted by Crippen LogP contribution is -1.77. The summed E-state index contributed by atoms with van der Waals surface area (Å²) in [5.41, 5.74) is 1.09. The van der Waals surface area contributed by atoms with Gasteiger partial charge in [0.25, 0.3) is 0 Å². The Morgan fingerprint density at radius 2 is 1.40 bits per heavy atom. The third kappa shape index (κ3) is 2.91. The number of rotatable bonds is 3. The average molecular weight is 230 g/mol. The molecule has 2 aromatic rings. The first-order valence-electron chi connectivity index (χ1n) is 4.66. The molecule has 0 fully saturated rings. The number of benzene rings is 2. The summed E-state index contributed by atoms with van der Waals surface area (Å²) in [4.78, 5) is 2.49. The summed E-state index contributed by atoms with van der Waals surface area (Å²) in [5.74, 6) is 0. The van der Waals surface area contributed by atoms with Crippen LogP contribution in [0.15, 0.2) is 64.4 Å². The largest absolute Gasteiger partial charge is 0.0901 e. The predicted octanol–water partition coefficient (Wildman–Crippen LogP) is 4.19. The first-order valence-corrected chi connectivity index (χ1v) is 5.95. The van der Waals surface area contributed by atoms with Crippen LogP contribution in [0.5, 0.6) is 0 Å². The molecule has 0 N–H and O–H groups in total.